The van der Waals surface area contributed by atoms with Gasteiger partial charge in [-0.3, -0.25) is 4.90 Å². The summed E-state index contributed by atoms with van der Waals surface area (Å²) >= 11 is 0. The van der Waals surface area contributed by atoms with Crippen LogP contribution >= 0.6 is 0 Å². The predicted molar refractivity (Wildman–Crippen MR) is 46.4 cm³/mol. The van der Waals surface area contributed by atoms with Crippen LogP contribution in [0.5, 0.6) is 0 Å². The molecule has 0 aromatic carbocycles. The number of rotatable bonds is 1. The first-order chi connectivity index (χ1) is 5.22. The molecule has 0 saturated heterocycles. The van der Waals surface area contributed by atoms with Crippen molar-refractivity contribution in [2.75, 3.05) is 13.2 Å². The van der Waals surface area contributed by atoms with Crippen molar-refractivity contribution in [1.82, 2.24) is 4.90 Å². The van der Waals surface area contributed by atoms with E-state index in [1.54, 1.807) is 0 Å². The van der Waals surface area contributed by atoms with Crippen LogP contribution in [0.25, 0.3) is 0 Å². The summed E-state index contributed by atoms with van der Waals surface area (Å²) in [6, 6.07) is 1.12. The van der Waals surface area contributed by atoms with Gasteiger partial charge in [0.05, 0.1) is 12.9 Å². The first kappa shape index (κ1) is 8.60. The lowest BCUT2D eigenvalue weighted by Crippen LogP contribution is -2.38. The summed E-state index contributed by atoms with van der Waals surface area (Å²) in [5.74, 6) is 0. The smallest absolute Gasteiger partial charge is 0.1000 e. The van der Waals surface area contributed by atoms with Gasteiger partial charge in [0, 0.05) is 18.6 Å². The summed E-state index contributed by atoms with van der Waals surface area (Å²) < 4.78 is 5.22. The summed E-state index contributed by atoms with van der Waals surface area (Å²) in [6.07, 6.45) is 3.92. The number of hydrogen-bond donors (Lipinski definition) is 0. The summed E-state index contributed by atoms with van der Waals surface area (Å²) in [6.45, 7) is 8.49. The van der Waals surface area contributed by atoms with Gasteiger partial charge in [-0.05, 0) is 26.8 Å². The van der Waals surface area contributed by atoms with Gasteiger partial charge in [-0.2, -0.15) is 0 Å². The topological polar surface area (TPSA) is 12.5 Å². The van der Waals surface area contributed by atoms with Crippen LogP contribution in [-0.4, -0.2) is 30.1 Å². The fraction of sp³-hybridized carbons (Fsp3) is 0.778. The molecule has 0 spiro atoms. The van der Waals surface area contributed by atoms with Gasteiger partial charge in [0.15, 0.2) is 0 Å². The van der Waals surface area contributed by atoms with Crippen LogP contribution in [0.4, 0.5) is 0 Å². The Balaban J connectivity index is 2.55. The molecule has 1 heterocycles. The molecular weight excluding hydrogens is 138 g/mol. The van der Waals surface area contributed by atoms with Crippen molar-refractivity contribution in [3.05, 3.63) is 12.3 Å². The molecule has 1 unspecified atom stereocenters. The third-order valence-electron chi connectivity index (χ3n) is 2.11. The Hall–Kier alpha value is -0.500. The molecule has 2 nitrogen and oxygen atoms in total. The molecule has 64 valence electrons. The molecule has 0 radical (unpaired) electrons. The maximum absolute atomic E-state index is 5.22. The van der Waals surface area contributed by atoms with Crippen LogP contribution in [0.15, 0.2) is 12.3 Å². The second-order valence-corrected chi connectivity index (χ2v) is 3.27. The molecule has 11 heavy (non-hydrogen) atoms. The van der Waals surface area contributed by atoms with E-state index in [1.807, 2.05) is 6.26 Å². The van der Waals surface area contributed by atoms with Gasteiger partial charge in [-0.25, -0.2) is 0 Å². The number of hydrogen-bond acceptors (Lipinski definition) is 2. The van der Waals surface area contributed by atoms with Gasteiger partial charge in [0.1, 0.15) is 0 Å². The Morgan fingerprint density at radius 3 is 2.91 bits per heavy atom. The van der Waals surface area contributed by atoms with Crippen LogP contribution in [0, 0.1) is 0 Å². The van der Waals surface area contributed by atoms with Gasteiger partial charge in [-0.1, -0.05) is 0 Å². The lowest BCUT2D eigenvalue weighted by Gasteiger charge is -2.28. The average molecular weight is 155 g/mol. The minimum Gasteiger partial charge on any atom is -0.500 e. The van der Waals surface area contributed by atoms with Crippen molar-refractivity contribution in [1.29, 1.82) is 0 Å². The zero-order valence-corrected chi connectivity index (χ0v) is 7.58. The lowest BCUT2D eigenvalue weighted by molar-refractivity contribution is 0.153. The van der Waals surface area contributed by atoms with E-state index in [9.17, 15) is 0 Å². The molecule has 0 aliphatic carbocycles. The number of ether oxygens (including phenoxy) is 1. The first-order valence-corrected chi connectivity index (χ1v) is 4.26. The van der Waals surface area contributed by atoms with Crippen LogP contribution in [-0.2, 0) is 4.74 Å². The van der Waals surface area contributed by atoms with E-state index >= 15 is 0 Å². The molecule has 1 rings (SSSR count). The van der Waals surface area contributed by atoms with Crippen LogP contribution in [0.3, 0.4) is 0 Å². The van der Waals surface area contributed by atoms with Crippen molar-refractivity contribution in [2.45, 2.75) is 32.9 Å². The Labute approximate surface area is 68.8 Å². The maximum Gasteiger partial charge on any atom is 0.1000 e. The van der Waals surface area contributed by atoms with Crippen molar-refractivity contribution in [3.63, 3.8) is 0 Å². The normalized spacial score (nSPS) is 26.7. The molecule has 1 aliphatic rings. The highest BCUT2D eigenvalue weighted by Crippen LogP contribution is 2.08. The molecule has 0 fully saturated rings. The molecule has 2 heteroatoms. The van der Waals surface area contributed by atoms with Crippen molar-refractivity contribution in [2.24, 2.45) is 0 Å². The summed E-state index contributed by atoms with van der Waals surface area (Å²) in [4.78, 5) is 2.42. The third kappa shape index (κ3) is 2.22. The van der Waals surface area contributed by atoms with E-state index in [1.165, 1.54) is 0 Å². The van der Waals surface area contributed by atoms with Gasteiger partial charge in [0.25, 0.3) is 0 Å². The molecule has 0 aromatic heterocycles. The van der Waals surface area contributed by atoms with E-state index in [2.05, 4.69) is 31.7 Å². The minimum absolute atomic E-state index is 0.512. The van der Waals surface area contributed by atoms with Gasteiger partial charge in [0.2, 0.25) is 0 Å². The molecule has 0 amide bonds. The van der Waals surface area contributed by atoms with Gasteiger partial charge >= 0.3 is 0 Å². The van der Waals surface area contributed by atoms with Crippen LogP contribution < -0.4 is 0 Å². The fourth-order valence-corrected chi connectivity index (χ4v) is 1.44. The number of nitrogens with zero attached hydrogens (tertiary/aromatic N) is 1. The average Bonchev–Trinajstić information content (AvgIpc) is 2.13. The zero-order valence-electron chi connectivity index (χ0n) is 7.58. The second-order valence-electron chi connectivity index (χ2n) is 3.27. The van der Waals surface area contributed by atoms with E-state index in [0.29, 0.717) is 12.1 Å². The first-order valence-electron chi connectivity index (χ1n) is 4.26. The molecule has 0 N–H and O–H groups in total. The third-order valence-corrected chi connectivity index (χ3v) is 2.11. The summed E-state index contributed by atoms with van der Waals surface area (Å²) in [5, 5.41) is 0. The Morgan fingerprint density at radius 2 is 2.27 bits per heavy atom. The second kappa shape index (κ2) is 3.77. The molecule has 0 bridgehead atoms. The molecule has 1 aliphatic heterocycles. The van der Waals surface area contributed by atoms with Crippen molar-refractivity contribution < 1.29 is 4.74 Å². The van der Waals surface area contributed by atoms with Crippen LogP contribution in [0.2, 0.25) is 0 Å². The van der Waals surface area contributed by atoms with Gasteiger partial charge in [-0.15, -0.1) is 0 Å². The summed E-state index contributed by atoms with van der Waals surface area (Å²) in [7, 11) is 0. The molecular formula is C9H17NO. The Morgan fingerprint density at radius 1 is 1.55 bits per heavy atom. The molecule has 0 aromatic rings. The lowest BCUT2D eigenvalue weighted by atomic mass is 10.2. The Bertz CT molecular complexity index is 142. The Kier molecular flexibility index (Phi) is 2.94. The van der Waals surface area contributed by atoms with E-state index in [0.717, 1.165) is 13.2 Å². The highest BCUT2D eigenvalue weighted by molar-refractivity contribution is 4.91. The largest absolute Gasteiger partial charge is 0.500 e. The van der Waals surface area contributed by atoms with Gasteiger partial charge < -0.3 is 4.74 Å². The maximum atomic E-state index is 5.22. The zero-order chi connectivity index (χ0) is 8.27. The quantitative estimate of drug-likeness (QED) is 0.570. The molecule has 0 saturated carbocycles. The van der Waals surface area contributed by atoms with E-state index in [4.69, 9.17) is 4.74 Å². The fourth-order valence-electron chi connectivity index (χ4n) is 1.44. The van der Waals surface area contributed by atoms with Crippen molar-refractivity contribution in [3.8, 4) is 0 Å². The monoisotopic (exact) mass is 155 g/mol. The van der Waals surface area contributed by atoms with Crippen LogP contribution in [0.1, 0.15) is 20.8 Å². The minimum atomic E-state index is 0.512. The van der Waals surface area contributed by atoms with Crippen molar-refractivity contribution >= 4 is 0 Å². The highest BCUT2D eigenvalue weighted by atomic mass is 16.5. The summed E-state index contributed by atoms with van der Waals surface area (Å²) in [5.41, 5.74) is 0. The predicted octanol–water partition coefficient (Wildman–Crippen LogP) is 1.63. The standard InChI is InChI=1S/C9H17NO/c1-8(2)10-5-7-11-6-4-9(10)3/h4,6,8-9H,5,7H2,1-3H3. The van der Waals surface area contributed by atoms with E-state index in [-0.39, 0.29) is 0 Å². The van der Waals surface area contributed by atoms with E-state index < -0.39 is 0 Å². The SMILES string of the molecule is CC(C)N1CCOC=CC1C. The molecule has 1 atom stereocenters. The highest BCUT2D eigenvalue weighted by Gasteiger charge is 2.15.